The van der Waals surface area contributed by atoms with Crippen LogP contribution < -0.4 is 0 Å². The number of likely N-dealkylation sites (tertiary alicyclic amines) is 1. The molecule has 0 N–H and O–H groups in total. The summed E-state index contributed by atoms with van der Waals surface area (Å²) in [7, 11) is 5.53. The lowest BCUT2D eigenvalue weighted by Crippen LogP contribution is -2.43. The lowest BCUT2D eigenvalue weighted by Gasteiger charge is -2.33. The molecule has 0 aromatic rings. The van der Waals surface area contributed by atoms with Crippen LogP contribution in [-0.2, 0) is 9.59 Å². The highest BCUT2D eigenvalue weighted by Crippen LogP contribution is 2.18. The number of amides is 2. The third-order valence-corrected chi connectivity index (χ3v) is 4.78. The average molecular weight is 310 g/mol. The van der Waals surface area contributed by atoms with E-state index in [2.05, 4.69) is 9.80 Å². The molecule has 2 amide bonds. The topological polar surface area (TPSA) is 47.1 Å². The van der Waals surface area contributed by atoms with Gasteiger partial charge < -0.3 is 14.7 Å². The molecule has 2 rings (SSSR count). The fourth-order valence-corrected chi connectivity index (χ4v) is 3.31. The van der Waals surface area contributed by atoms with E-state index >= 15 is 0 Å². The van der Waals surface area contributed by atoms with Crippen LogP contribution in [0, 0.1) is 5.92 Å². The van der Waals surface area contributed by atoms with Crippen LogP contribution >= 0.6 is 0 Å². The van der Waals surface area contributed by atoms with Crippen LogP contribution in [0.1, 0.15) is 19.3 Å². The van der Waals surface area contributed by atoms with Crippen LogP contribution in [0.2, 0.25) is 0 Å². The van der Waals surface area contributed by atoms with Gasteiger partial charge in [0.2, 0.25) is 11.8 Å². The van der Waals surface area contributed by atoms with E-state index < -0.39 is 0 Å². The summed E-state index contributed by atoms with van der Waals surface area (Å²) in [5, 5.41) is 0. The molecule has 1 atom stereocenters. The molecule has 2 heterocycles. The first-order chi connectivity index (χ1) is 10.5. The number of likely N-dealkylation sites (N-methyl/N-ethyl adjacent to an activating group) is 1. The molecular weight excluding hydrogens is 280 g/mol. The largest absolute Gasteiger partial charge is 0.348 e. The SMILES string of the molecule is CN(C)C(=O)CN1CCCN(CC2CCC(=O)N(C)C2)CC1. The molecule has 0 aliphatic carbocycles. The number of hydrogen-bond donors (Lipinski definition) is 0. The van der Waals surface area contributed by atoms with Crippen molar-refractivity contribution in [1.29, 1.82) is 0 Å². The maximum atomic E-state index is 11.8. The Bertz CT molecular complexity index is 400. The summed E-state index contributed by atoms with van der Waals surface area (Å²) in [5.74, 6) is 1.05. The number of hydrogen-bond acceptors (Lipinski definition) is 4. The summed E-state index contributed by atoms with van der Waals surface area (Å²) in [6.07, 6.45) is 2.82. The van der Waals surface area contributed by atoms with Crippen LogP contribution in [0.3, 0.4) is 0 Å². The van der Waals surface area contributed by atoms with Gasteiger partial charge in [-0.25, -0.2) is 0 Å². The van der Waals surface area contributed by atoms with E-state index in [1.807, 2.05) is 26.0 Å². The molecular formula is C16H30N4O2. The highest BCUT2D eigenvalue weighted by molar-refractivity contribution is 5.77. The summed E-state index contributed by atoms with van der Waals surface area (Å²) < 4.78 is 0. The van der Waals surface area contributed by atoms with Gasteiger partial charge in [0.25, 0.3) is 0 Å². The third kappa shape index (κ3) is 4.95. The first-order valence-electron chi connectivity index (χ1n) is 8.34. The minimum absolute atomic E-state index is 0.181. The van der Waals surface area contributed by atoms with Crippen LogP contribution in [0.25, 0.3) is 0 Å². The first-order valence-corrected chi connectivity index (χ1v) is 8.34. The van der Waals surface area contributed by atoms with Crippen molar-refractivity contribution in [3.63, 3.8) is 0 Å². The van der Waals surface area contributed by atoms with E-state index in [0.717, 1.165) is 52.1 Å². The van der Waals surface area contributed by atoms with Crippen LogP contribution in [0.5, 0.6) is 0 Å². The van der Waals surface area contributed by atoms with Crippen molar-refractivity contribution in [1.82, 2.24) is 19.6 Å². The lowest BCUT2D eigenvalue weighted by atomic mass is 9.97. The number of nitrogens with zero attached hydrogens (tertiary/aromatic N) is 4. The fourth-order valence-electron chi connectivity index (χ4n) is 3.31. The van der Waals surface area contributed by atoms with Gasteiger partial charge in [-0.15, -0.1) is 0 Å². The zero-order valence-corrected chi connectivity index (χ0v) is 14.3. The van der Waals surface area contributed by atoms with Crippen molar-refractivity contribution in [3.05, 3.63) is 0 Å². The fraction of sp³-hybridized carbons (Fsp3) is 0.875. The Morgan fingerprint density at radius 3 is 2.55 bits per heavy atom. The second-order valence-electron chi connectivity index (χ2n) is 6.90. The first kappa shape index (κ1) is 17.2. The van der Waals surface area contributed by atoms with Crippen molar-refractivity contribution in [2.45, 2.75) is 19.3 Å². The molecule has 2 saturated heterocycles. The Kier molecular flexibility index (Phi) is 6.20. The van der Waals surface area contributed by atoms with Gasteiger partial charge in [-0.05, 0) is 31.8 Å². The predicted molar refractivity (Wildman–Crippen MR) is 86.6 cm³/mol. The van der Waals surface area contributed by atoms with Crippen LogP contribution in [0.4, 0.5) is 0 Å². The van der Waals surface area contributed by atoms with Gasteiger partial charge in [-0.1, -0.05) is 0 Å². The van der Waals surface area contributed by atoms with Gasteiger partial charge >= 0.3 is 0 Å². The highest BCUT2D eigenvalue weighted by Gasteiger charge is 2.25. The van der Waals surface area contributed by atoms with Gasteiger partial charge in [0.1, 0.15) is 0 Å². The maximum Gasteiger partial charge on any atom is 0.236 e. The average Bonchev–Trinajstić information content (AvgIpc) is 2.68. The minimum atomic E-state index is 0.181. The maximum absolute atomic E-state index is 11.8. The number of rotatable bonds is 4. The third-order valence-electron chi connectivity index (χ3n) is 4.78. The van der Waals surface area contributed by atoms with E-state index in [-0.39, 0.29) is 11.8 Å². The summed E-state index contributed by atoms with van der Waals surface area (Å²) in [6, 6.07) is 0. The van der Waals surface area contributed by atoms with Crippen molar-refractivity contribution in [2.24, 2.45) is 5.92 Å². The smallest absolute Gasteiger partial charge is 0.236 e. The minimum Gasteiger partial charge on any atom is -0.348 e. The molecule has 6 nitrogen and oxygen atoms in total. The van der Waals surface area contributed by atoms with Crippen molar-refractivity contribution >= 4 is 11.8 Å². The van der Waals surface area contributed by atoms with E-state index in [0.29, 0.717) is 18.9 Å². The summed E-state index contributed by atoms with van der Waals surface area (Å²) >= 11 is 0. The van der Waals surface area contributed by atoms with Crippen molar-refractivity contribution in [3.8, 4) is 0 Å². The molecule has 0 radical (unpaired) electrons. The molecule has 2 aliphatic rings. The Hall–Kier alpha value is -1.14. The quantitative estimate of drug-likeness (QED) is 0.730. The van der Waals surface area contributed by atoms with Crippen molar-refractivity contribution in [2.75, 3.05) is 67.0 Å². The molecule has 2 fully saturated rings. The van der Waals surface area contributed by atoms with Crippen molar-refractivity contribution < 1.29 is 9.59 Å². The number of piperidine rings is 1. The molecule has 126 valence electrons. The monoisotopic (exact) mass is 310 g/mol. The second kappa shape index (κ2) is 7.92. The molecule has 2 aliphatic heterocycles. The standard InChI is InChI=1S/C16H30N4O2/c1-17(2)16(22)13-20-8-4-7-19(9-10-20)12-14-5-6-15(21)18(3)11-14/h14H,4-13H2,1-3H3. The molecule has 0 spiro atoms. The van der Waals surface area contributed by atoms with Crippen LogP contribution in [0.15, 0.2) is 0 Å². The molecule has 0 saturated carbocycles. The molecule has 0 aromatic heterocycles. The van der Waals surface area contributed by atoms with Gasteiger partial charge in [0.15, 0.2) is 0 Å². The summed E-state index contributed by atoms with van der Waals surface area (Å²) in [4.78, 5) is 31.7. The molecule has 0 aromatic carbocycles. The Morgan fingerprint density at radius 1 is 1.18 bits per heavy atom. The van der Waals surface area contributed by atoms with Gasteiger partial charge in [0.05, 0.1) is 6.54 Å². The number of carbonyl (C=O) groups is 2. The Labute approximate surface area is 134 Å². The second-order valence-corrected chi connectivity index (χ2v) is 6.90. The van der Waals surface area contributed by atoms with E-state index in [1.165, 1.54) is 0 Å². The normalized spacial score (nSPS) is 25.1. The van der Waals surface area contributed by atoms with E-state index in [4.69, 9.17) is 0 Å². The molecule has 1 unspecified atom stereocenters. The molecule has 22 heavy (non-hydrogen) atoms. The zero-order valence-electron chi connectivity index (χ0n) is 14.3. The van der Waals surface area contributed by atoms with Gasteiger partial charge in [-0.2, -0.15) is 0 Å². The molecule has 0 bridgehead atoms. The highest BCUT2D eigenvalue weighted by atomic mass is 16.2. The molecule has 6 heteroatoms. The van der Waals surface area contributed by atoms with Crippen LogP contribution in [-0.4, -0.2) is 98.4 Å². The Morgan fingerprint density at radius 2 is 1.86 bits per heavy atom. The zero-order chi connectivity index (χ0) is 16.1. The predicted octanol–water partition coefficient (Wildman–Crippen LogP) is -0.0493. The van der Waals surface area contributed by atoms with Gasteiger partial charge in [-0.3, -0.25) is 14.5 Å². The summed E-state index contributed by atoms with van der Waals surface area (Å²) in [6.45, 7) is 6.57. The summed E-state index contributed by atoms with van der Waals surface area (Å²) in [5.41, 5.74) is 0. The number of carbonyl (C=O) groups excluding carboxylic acids is 2. The Balaban J connectivity index is 1.76. The van der Waals surface area contributed by atoms with E-state index in [9.17, 15) is 9.59 Å². The lowest BCUT2D eigenvalue weighted by molar-refractivity contribution is -0.133. The van der Waals surface area contributed by atoms with E-state index in [1.54, 1.807) is 4.90 Å². The van der Waals surface area contributed by atoms with Gasteiger partial charge in [0, 0.05) is 53.7 Å².